The highest BCUT2D eigenvalue weighted by molar-refractivity contribution is 8.93. The number of hydrogen-bond acceptors (Lipinski definition) is 4. The second kappa shape index (κ2) is 9.64. The molecular formula is C15H24BrN3O. The number of methoxy groups -OCH3 is 1. The van der Waals surface area contributed by atoms with E-state index in [1.54, 1.807) is 7.11 Å². The number of nitrogens with one attached hydrogen (secondary N) is 2. The number of rotatable bonds is 5. The van der Waals surface area contributed by atoms with Gasteiger partial charge in [0.2, 0.25) is 0 Å². The Kier molecular flexibility index (Phi) is 8.11. The monoisotopic (exact) mass is 341 g/mol. The van der Waals surface area contributed by atoms with E-state index >= 15 is 0 Å². The van der Waals surface area contributed by atoms with Gasteiger partial charge >= 0.3 is 0 Å². The van der Waals surface area contributed by atoms with E-state index in [-0.39, 0.29) is 17.0 Å². The van der Waals surface area contributed by atoms with E-state index in [4.69, 9.17) is 4.74 Å². The van der Waals surface area contributed by atoms with Crippen LogP contribution < -0.4 is 15.4 Å². The van der Waals surface area contributed by atoms with Crippen LogP contribution in [0.4, 0.5) is 0 Å². The van der Waals surface area contributed by atoms with Crippen molar-refractivity contribution in [2.75, 3.05) is 26.7 Å². The summed E-state index contributed by atoms with van der Waals surface area (Å²) >= 11 is 0. The van der Waals surface area contributed by atoms with Crippen LogP contribution in [0.2, 0.25) is 0 Å². The maximum Gasteiger partial charge on any atom is 0.191 e. The van der Waals surface area contributed by atoms with Crippen LogP contribution in [0.5, 0.6) is 5.75 Å². The summed E-state index contributed by atoms with van der Waals surface area (Å²) in [6.45, 7) is 2.93. The molecule has 1 aliphatic heterocycles. The van der Waals surface area contributed by atoms with Crippen molar-refractivity contribution in [3.8, 4) is 5.75 Å². The molecule has 4 nitrogen and oxygen atoms in total. The van der Waals surface area contributed by atoms with E-state index in [1.807, 2.05) is 12.1 Å². The zero-order valence-electron chi connectivity index (χ0n) is 12.0. The van der Waals surface area contributed by atoms with Crippen molar-refractivity contribution in [3.05, 3.63) is 29.8 Å². The van der Waals surface area contributed by atoms with Crippen LogP contribution >= 0.6 is 17.0 Å². The highest BCUT2D eigenvalue weighted by atomic mass is 79.9. The van der Waals surface area contributed by atoms with Gasteiger partial charge in [-0.2, -0.15) is 0 Å². The number of ether oxygens (including phenoxy) is 1. The van der Waals surface area contributed by atoms with Crippen LogP contribution in [-0.2, 0) is 6.42 Å². The van der Waals surface area contributed by atoms with Gasteiger partial charge in [-0.15, -0.1) is 17.0 Å². The molecule has 1 heterocycles. The fourth-order valence-electron chi connectivity index (χ4n) is 2.10. The molecule has 0 saturated heterocycles. The fourth-order valence-corrected chi connectivity index (χ4v) is 2.10. The van der Waals surface area contributed by atoms with E-state index in [2.05, 4.69) is 27.8 Å². The molecular weight excluding hydrogens is 318 g/mol. The Hall–Kier alpha value is -1.23. The number of guanidine groups is 1. The molecule has 2 N–H and O–H groups in total. The summed E-state index contributed by atoms with van der Waals surface area (Å²) in [6, 6.07) is 8.28. The quantitative estimate of drug-likeness (QED) is 0.809. The molecule has 0 saturated carbocycles. The van der Waals surface area contributed by atoms with Crippen LogP contribution in [0.3, 0.4) is 0 Å². The van der Waals surface area contributed by atoms with Gasteiger partial charge in [-0.25, -0.2) is 0 Å². The van der Waals surface area contributed by atoms with Gasteiger partial charge < -0.3 is 15.4 Å². The minimum Gasteiger partial charge on any atom is -0.497 e. The number of aryl methyl sites for hydroxylation is 1. The summed E-state index contributed by atoms with van der Waals surface area (Å²) in [6.07, 6.45) is 4.57. The van der Waals surface area contributed by atoms with Crippen LogP contribution in [-0.4, -0.2) is 32.7 Å². The lowest BCUT2D eigenvalue weighted by Gasteiger charge is -2.10. The zero-order chi connectivity index (χ0) is 13.3. The van der Waals surface area contributed by atoms with Crippen LogP contribution in [0.15, 0.2) is 29.3 Å². The SMILES string of the molecule is Br.COc1ccc(CCCNC2=NCCCCN2)cc1. The van der Waals surface area contributed by atoms with Gasteiger partial charge in [-0.3, -0.25) is 4.99 Å². The number of halogens is 1. The van der Waals surface area contributed by atoms with Crippen molar-refractivity contribution in [2.24, 2.45) is 4.99 Å². The second-order valence-corrected chi connectivity index (χ2v) is 4.74. The molecule has 0 bridgehead atoms. The first-order chi connectivity index (χ1) is 9.38. The van der Waals surface area contributed by atoms with Crippen molar-refractivity contribution >= 4 is 22.9 Å². The van der Waals surface area contributed by atoms with Gasteiger partial charge in [-0.05, 0) is 43.4 Å². The van der Waals surface area contributed by atoms with Gasteiger partial charge in [0.15, 0.2) is 5.96 Å². The minimum absolute atomic E-state index is 0. The van der Waals surface area contributed by atoms with E-state index < -0.39 is 0 Å². The van der Waals surface area contributed by atoms with Gasteiger partial charge in [0.25, 0.3) is 0 Å². The predicted molar refractivity (Wildman–Crippen MR) is 89.2 cm³/mol. The van der Waals surface area contributed by atoms with Crippen molar-refractivity contribution in [1.82, 2.24) is 10.6 Å². The van der Waals surface area contributed by atoms with Gasteiger partial charge in [0.1, 0.15) is 5.75 Å². The molecule has 0 spiro atoms. The number of benzene rings is 1. The lowest BCUT2D eigenvalue weighted by atomic mass is 10.1. The fraction of sp³-hybridized carbons (Fsp3) is 0.533. The van der Waals surface area contributed by atoms with Crippen molar-refractivity contribution < 1.29 is 4.74 Å². The molecule has 5 heteroatoms. The normalized spacial score (nSPS) is 14.3. The molecule has 0 amide bonds. The summed E-state index contributed by atoms with van der Waals surface area (Å²) in [5.41, 5.74) is 1.35. The maximum absolute atomic E-state index is 5.15. The van der Waals surface area contributed by atoms with Crippen LogP contribution in [0.25, 0.3) is 0 Å². The smallest absolute Gasteiger partial charge is 0.191 e. The van der Waals surface area contributed by atoms with Gasteiger partial charge in [0, 0.05) is 19.6 Å². The summed E-state index contributed by atoms with van der Waals surface area (Å²) in [4.78, 5) is 4.47. The third-order valence-corrected chi connectivity index (χ3v) is 3.24. The van der Waals surface area contributed by atoms with Crippen molar-refractivity contribution in [2.45, 2.75) is 25.7 Å². The standard InChI is InChI=1S/C15H23N3O.BrH/c1-19-14-8-6-13(7-9-14)5-4-12-18-15-16-10-2-3-11-17-15;/h6-9H,2-5,10-12H2,1H3,(H2,16,17,18);1H. The number of aliphatic imine (C=N–C) groups is 1. The zero-order valence-corrected chi connectivity index (χ0v) is 13.7. The summed E-state index contributed by atoms with van der Waals surface area (Å²) < 4.78 is 5.15. The van der Waals surface area contributed by atoms with Crippen molar-refractivity contribution in [3.63, 3.8) is 0 Å². The average Bonchev–Trinajstić information content (AvgIpc) is 2.73. The molecule has 0 atom stereocenters. The summed E-state index contributed by atoms with van der Waals surface area (Å²) in [5.74, 6) is 1.88. The summed E-state index contributed by atoms with van der Waals surface area (Å²) in [5, 5.41) is 6.69. The Morgan fingerprint density at radius 3 is 2.80 bits per heavy atom. The lowest BCUT2D eigenvalue weighted by Crippen LogP contribution is -2.37. The molecule has 0 aliphatic carbocycles. The lowest BCUT2D eigenvalue weighted by molar-refractivity contribution is 0.414. The first-order valence-electron chi connectivity index (χ1n) is 7.03. The first-order valence-corrected chi connectivity index (χ1v) is 7.03. The molecule has 0 radical (unpaired) electrons. The highest BCUT2D eigenvalue weighted by Crippen LogP contribution is 2.12. The molecule has 1 aromatic carbocycles. The van der Waals surface area contributed by atoms with Crippen LogP contribution in [0.1, 0.15) is 24.8 Å². The topological polar surface area (TPSA) is 45.6 Å². The third-order valence-electron chi connectivity index (χ3n) is 3.24. The molecule has 0 aromatic heterocycles. The van der Waals surface area contributed by atoms with E-state index in [0.29, 0.717) is 0 Å². The van der Waals surface area contributed by atoms with E-state index in [1.165, 1.54) is 18.4 Å². The van der Waals surface area contributed by atoms with Gasteiger partial charge in [0.05, 0.1) is 7.11 Å². The molecule has 0 fully saturated rings. The van der Waals surface area contributed by atoms with Gasteiger partial charge in [-0.1, -0.05) is 12.1 Å². The predicted octanol–water partition coefficient (Wildman–Crippen LogP) is 2.53. The second-order valence-electron chi connectivity index (χ2n) is 4.74. The molecule has 1 aromatic rings. The molecule has 112 valence electrons. The summed E-state index contributed by atoms with van der Waals surface area (Å²) in [7, 11) is 1.69. The molecule has 20 heavy (non-hydrogen) atoms. The minimum atomic E-state index is 0. The van der Waals surface area contributed by atoms with Crippen LogP contribution in [0, 0.1) is 0 Å². The average molecular weight is 342 g/mol. The third kappa shape index (κ3) is 5.82. The highest BCUT2D eigenvalue weighted by Gasteiger charge is 2.01. The number of hydrogen-bond donors (Lipinski definition) is 2. The van der Waals surface area contributed by atoms with E-state index in [0.717, 1.165) is 44.2 Å². The maximum atomic E-state index is 5.15. The molecule has 2 rings (SSSR count). The largest absolute Gasteiger partial charge is 0.497 e. The number of nitrogens with zero attached hydrogens (tertiary/aromatic N) is 1. The molecule has 0 unspecified atom stereocenters. The Morgan fingerprint density at radius 2 is 2.05 bits per heavy atom. The Bertz CT molecular complexity index is 406. The Morgan fingerprint density at radius 1 is 1.25 bits per heavy atom. The van der Waals surface area contributed by atoms with Crippen molar-refractivity contribution in [1.29, 1.82) is 0 Å². The Labute approximate surface area is 131 Å². The van der Waals surface area contributed by atoms with E-state index in [9.17, 15) is 0 Å². The molecule has 1 aliphatic rings. The first kappa shape index (κ1) is 16.8. The Balaban J connectivity index is 0.00000200.